The van der Waals surface area contributed by atoms with Crippen molar-refractivity contribution < 1.29 is 24.2 Å². The summed E-state index contributed by atoms with van der Waals surface area (Å²) in [6.07, 6.45) is 1.62. The summed E-state index contributed by atoms with van der Waals surface area (Å²) in [6.45, 7) is 14.6. The van der Waals surface area contributed by atoms with Gasteiger partial charge in [-0.2, -0.15) is 0 Å². The fourth-order valence-electron chi connectivity index (χ4n) is 4.34. The first-order valence-corrected chi connectivity index (χ1v) is 13.6. The molecule has 3 N–H and O–H groups in total. The molecule has 0 aliphatic rings. The first-order valence-electron chi connectivity index (χ1n) is 13.6. The highest BCUT2D eigenvalue weighted by Crippen LogP contribution is 2.28. The number of carbonyl (C=O) groups excluding carboxylic acids is 3. The Morgan fingerprint density at radius 1 is 0.949 bits per heavy atom. The number of ether oxygens (including phenoxy) is 1. The average Bonchev–Trinajstić information content (AvgIpc) is 2.85. The predicted molar refractivity (Wildman–Crippen MR) is 155 cm³/mol. The van der Waals surface area contributed by atoms with Gasteiger partial charge >= 0.3 is 6.09 Å². The largest absolute Gasteiger partial charge is 0.444 e. The van der Waals surface area contributed by atoms with E-state index in [4.69, 9.17) is 4.74 Å². The van der Waals surface area contributed by atoms with Crippen molar-refractivity contribution in [2.45, 2.75) is 92.3 Å². The Hall–Kier alpha value is -3.39. The monoisotopic (exact) mass is 539 g/mol. The molecule has 2 aromatic carbocycles. The molecule has 2 unspecified atom stereocenters. The maximum atomic E-state index is 14.0. The van der Waals surface area contributed by atoms with Gasteiger partial charge in [0, 0.05) is 12.2 Å². The second-order valence-corrected chi connectivity index (χ2v) is 11.1. The van der Waals surface area contributed by atoms with Crippen molar-refractivity contribution in [1.29, 1.82) is 0 Å². The van der Waals surface area contributed by atoms with Gasteiger partial charge in [0.25, 0.3) is 5.91 Å². The second kappa shape index (κ2) is 14.1. The normalized spacial score (nSPS) is 12.8. The molecule has 8 nitrogen and oxygen atoms in total. The third-order valence-corrected chi connectivity index (χ3v) is 6.59. The summed E-state index contributed by atoms with van der Waals surface area (Å²) < 4.78 is 5.31. The van der Waals surface area contributed by atoms with Crippen LogP contribution in [0.1, 0.15) is 80.8 Å². The van der Waals surface area contributed by atoms with E-state index in [1.54, 1.807) is 20.8 Å². The molecule has 2 aromatic rings. The molecule has 214 valence electrons. The van der Waals surface area contributed by atoms with Crippen molar-refractivity contribution in [1.82, 2.24) is 10.2 Å². The zero-order valence-corrected chi connectivity index (χ0v) is 24.7. The SMILES string of the molecule is CCCCCN(C(=O)C(CO)NC(=O)OC(C)(C)C)C(C(=O)Nc1c(C)cccc1C)c1ccc(C)c(C)c1. The van der Waals surface area contributed by atoms with E-state index >= 15 is 0 Å². The van der Waals surface area contributed by atoms with E-state index in [1.165, 1.54) is 4.90 Å². The van der Waals surface area contributed by atoms with Gasteiger partial charge in [0.2, 0.25) is 5.91 Å². The third kappa shape index (κ3) is 9.10. The van der Waals surface area contributed by atoms with Crippen LogP contribution in [0, 0.1) is 27.7 Å². The number of para-hydroxylation sites is 1. The van der Waals surface area contributed by atoms with Crippen LogP contribution in [0.25, 0.3) is 0 Å². The number of anilines is 1. The molecule has 0 radical (unpaired) electrons. The summed E-state index contributed by atoms with van der Waals surface area (Å²) in [7, 11) is 0. The number of aryl methyl sites for hydroxylation is 4. The van der Waals surface area contributed by atoms with Crippen LogP contribution < -0.4 is 10.6 Å². The van der Waals surface area contributed by atoms with Gasteiger partial charge in [-0.15, -0.1) is 0 Å². The van der Waals surface area contributed by atoms with Crippen molar-refractivity contribution in [2.24, 2.45) is 0 Å². The maximum Gasteiger partial charge on any atom is 0.408 e. The molecule has 3 amide bonds. The van der Waals surface area contributed by atoms with Gasteiger partial charge in [-0.1, -0.05) is 56.2 Å². The fraction of sp³-hybridized carbons (Fsp3) is 0.516. The van der Waals surface area contributed by atoms with E-state index in [1.807, 2.05) is 64.1 Å². The number of alkyl carbamates (subject to hydrolysis) is 1. The number of hydrogen-bond acceptors (Lipinski definition) is 5. The van der Waals surface area contributed by atoms with Gasteiger partial charge in [0.05, 0.1) is 6.61 Å². The minimum atomic E-state index is -1.27. The van der Waals surface area contributed by atoms with Gasteiger partial charge in [-0.05, 0) is 82.7 Å². The van der Waals surface area contributed by atoms with Crippen LogP contribution in [0.15, 0.2) is 36.4 Å². The standard InChI is InChI=1S/C31H45N3O5/c1-9-10-11-17-34(29(37)25(19-35)32-30(38)39-31(6,7)8)27(24-16-15-20(2)23(5)18-24)28(36)33-26-21(3)13-12-14-22(26)4/h12-16,18,25,27,35H,9-11,17,19H2,1-8H3,(H,32,38)(H,33,36). The van der Waals surface area contributed by atoms with E-state index in [2.05, 4.69) is 17.6 Å². The van der Waals surface area contributed by atoms with Crippen LogP contribution in [0.3, 0.4) is 0 Å². The lowest BCUT2D eigenvalue weighted by molar-refractivity contribution is -0.141. The summed E-state index contributed by atoms with van der Waals surface area (Å²) in [5.41, 5.74) is 4.45. The number of hydrogen-bond donors (Lipinski definition) is 3. The van der Waals surface area contributed by atoms with Gasteiger partial charge < -0.3 is 25.4 Å². The van der Waals surface area contributed by atoms with Crippen LogP contribution in [-0.4, -0.2) is 52.7 Å². The molecule has 0 aliphatic heterocycles. The molecule has 0 spiro atoms. The lowest BCUT2D eigenvalue weighted by Crippen LogP contribution is -2.54. The van der Waals surface area contributed by atoms with E-state index in [0.29, 0.717) is 17.7 Å². The molecule has 8 heteroatoms. The van der Waals surface area contributed by atoms with Gasteiger partial charge in [-0.25, -0.2) is 4.79 Å². The molecule has 0 aliphatic carbocycles. The highest BCUT2D eigenvalue weighted by Gasteiger charge is 2.36. The number of carbonyl (C=O) groups is 3. The van der Waals surface area contributed by atoms with Crippen LogP contribution in [0.2, 0.25) is 0 Å². The number of amides is 3. The fourth-order valence-corrected chi connectivity index (χ4v) is 4.34. The van der Waals surface area contributed by atoms with Crippen molar-refractivity contribution in [2.75, 3.05) is 18.5 Å². The summed E-state index contributed by atoms with van der Waals surface area (Å²) in [4.78, 5) is 41.9. The zero-order valence-electron chi connectivity index (χ0n) is 24.7. The summed E-state index contributed by atoms with van der Waals surface area (Å²) in [5.74, 6) is -0.922. The topological polar surface area (TPSA) is 108 Å². The number of aliphatic hydroxyl groups excluding tert-OH is 1. The Morgan fingerprint density at radius 3 is 2.13 bits per heavy atom. The van der Waals surface area contributed by atoms with E-state index < -0.39 is 36.3 Å². The highest BCUT2D eigenvalue weighted by atomic mass is 16.6. The van der Waals surface area contributed by atoms with Crippen LogP contribution in [0.5, 0.6) is 0 Å². The number of aliphatic hydroxyl groups is 1. The van der Waals surface area contributed by atoms with E-state index in [9.17, 15) is 19.5 Å². The van der Waals surface area contributed by atoms with Crippen molar-refractivity contribution in [3.05, 3.63) is 64.2 Å². The van der Waals surface area contributed by atoms with Crippen molar-refractivity contribution in [3.8, 4) is 0 Å². The first kappa shape index (κ1) is 31.8. The lowest BCUT2D eigenvalue weighted by Gasteiger charge is -2.34. The molecule has 0 bridgehead atoms. The predicted octanol–water partition coefficient (Wildman–Crippen LogP) is 5.50. The molecule has 0 fully saturated rings. The minimum Gasteiger partial charge on any atom is -0.444 e. The first-order chi connectivity index (χ1) is 18.3. The summed E-state index contributed by atoms with van der Waals surface area (Å²) in [6, 6.07) is 9.21. The quantitative estimate of drug-likeness (QED) is 0.327. The average molecular weight is 540 g/mol. The van der Waals surface area contributed by atoms with Crippen molar-refractivity contribution in [3.63, 3.8) is 0 Å². The second-order valence-electron chi connectivity index (χ2n) is 11.1. The molecule has 2 rings (SSSR count). The molecular weight excluding hydrogens is 494 g/mol. The van der Waals surface area contributed by atoms with Crippen LogP contribution in [-0.2, 0) is 14.3 Å². The Morgan fingerprint density at radius 2 is 1.59 bits per heavy atom. The summed E-state index contributed by atoms with van der Waals surface area (Å²) in [5, 5.41) is 15.7. The Balaban J connectivity index is 2.56. The third-order valence-electron chi connectivity index (χ3n) is 6.59. The molecule has 0 saturated heterocycles. The van der Waals surface area contributed by atoms with Crippen molar-refractivity contribution >= 4 is 23.6 Å². The molecular formula is C31H45N3O5. The van der Waals surface area contributed by atoms with Crippen LogP contribution >= 0.6 is 0 Å². The smallest absolute Gasteiger partial charge is 0.408 e. The van der Waals surface area contributed by atoms with Gasteiger partial charge in [0.15, 0.2) is 0 Å². The molecule has 2 atom stereocenters. The molecule has 39 heavy (non-hydrogen) atoms. The highest BCUT2D eigenvalue weighted by molar-refractivity contribution is 6.00. The number of nitrogens with one attached hydrogen (secondary N) is 2. The number of benzene rings is 2. The number of nitrogens with zero attached hydrogens (tertiary/aromatic N) is 1. The minimum absolute atomic E-state index is 0.275. The Labute approximate surface area is 233 Å². The molecule has 0 saturated carbocycles. The van der Waals surface area contributed by atoms with E-state index in [0.717, 1.165) is 35.1 Å². The van der Waals surface area contributed by atoms with E-state index in [-0.39, 0.29) is 12.5 Å². The van der Waals surface area contributed by atoms with Crippen LogP contribution in [0.4, 0.5) is 10.5 Å². The molecule has 0 heterocycles. The van der Waals surface area contributed by atoms with Gasteiger partial charge in [-0.3, -0.25) is 9.59 Å². The summed E-state index contributed by atoms with van der Waals surface area (Å²) >= 11 is 0. The zero-order chi connectivity index (χ0) is 29.3. The number of unbranched alkanes of at least 4 members (excludes halogenated alkanes) is 2. The number of rotatable bonds is 11. The van der Waals surface area contributed by atoms with Gasteiger partial charge in [0.1, 0.15) is 17.7 Å². The maximum absolute atomic E-state index is 14.0. The Bertz CT molecular complexity index is 1140. The molecule has 0 aromatic heterocycles. The Kier molecular flexibility index (Phi) is 11.5. The lowest BCUT2D eigenvalue weighted by atomic mass is 9.97.